The molecule has 138 valence electrons. The highest BCUT2D eigenvalue weighted by molar-refractivity contribution is 8.03. The number of hydrogen-bond acceptors (Lipinski definition) is 3. The lowest BCUT2D eigenvalue weighted by molar-refractivity contribution is -0.669. The number of hydrogen-bond donors (Lipinski definition) is 0. The van der Waals surface area contributed by atoms with E-state index in [-0.39, 0.29) is 0 Å². The summed E-state index contributed by atoms with van der Waals surface area (Å²) in [6.07, 6.45) is 2.31. The molecule has 0 fully saturated rings. The van der Waals surface area contributed by atoms with E-state index in [1.165, 1.54) is 37.8 Å². The molecule has 4 rings (SSSR count). The van der Waals surface area contributed by atoms with Gasteiger partial charge in [-0.2, -0.15) is 4.57 Å². The van der Waals surface area contributed by atoms with Gasteiger partial charge >= 0.3 is 0 Å². The average Bonchev–Trinajstić information content (AvgIpc) is 3.03. The molecular weight excluding hydrogens is 352 g/mol. The first-order valence-corrected chi connectivity index (χ1v) is 10.2. The maximum Gasteiger partial charge on any atom is 0.213 e. The molecular formula is C23H25N2OS+. The zero-order valence-electron chi connectivity index (χ0n) is 16.3. The molecule has 0 aliphatic carbocycles. The average molecular weight is 378 g/mol. The Balaban J connectivity index is 1.81. The lowest BCUT2D eigenvalue weighted by Crippen LogP contribution is -2.37. The Kier molecular flexibility index (Phi) is 4.83. The molecule has 4 heteroatoms. The third-order valence-corrected chi connectivity index (χ3v) is 6.16. The van der Waals surface area contributed by atoms with E-state index in [2.05, 4.69) is 78.8 Å². The van der Waals surface area contributed by atoms with Crippen LogP contribution < -0.4 is 14.2 Å². The fraction of sp³-hybridized carbons (Fsp3) is 0.261. The molecule has 3 aromatic rings. The highest BCUT2D eigenvalue weighted by Crippen LogP contribution is 2.47. The molecule has 1 aromatic heterocycles. The third-order valence-electron chi connectivity index (χ3n) is 5.06. The molecule has 2 heterocycles. The molecule has 0 amide bonds. The highest BCUT2D eigenvalue weighted by atomic mass is 32.2. The fourth-order valence-electron chi connectivity index (χ4n) is 3.68. The van der Waals surface area contributed by atoms with Gasteiger partial charge < -0.3 is 9.64 Å². The van der Waals surface area contributed by atoms with Gasteiger partial charge in [0, 0.05) is 35.0 Å². The zero-order valence-corrected chi connectivity index (χ0v) is 17.1. The number of ether oxygens (including phenoxy) is 1. The minimum Gasteiger partial charge on any atom is -0.497 e. The standard InChI is InChI=1S/C23H25N2OS/c1-5-24-18(10-9-17-8-7-16(3)13-21(17)24)14-23-25(6-2)20-12-11-19(26-4)15-22(20)27-23/h7-15H,5-6H2,1-4H3/q+1. The van der Waals surface area contributed by atoms with Crippen LogP contribution in [0.5, 0.6) is 5.75 Å². The van der Waals surface area contributed by atoms with Gasteiger partial charge in [-0.3, -0.25) is 0 Å². The molecule has 0 unspecified atom stereocenters. The quantitative estimate of drug-likeness (QED) is 0.567. The first kappa shape index (κ1) is 17.9. The lowest BCUT2D eigenvalue weighted by atomic mass is 10.1. The van der Waals surface area contributed by atoms with E-state index in [0.717, 1.165) is 18.8 Å². The monoisotopic (exact) mass is 377 g/mol. The van der Waals surface area contributed by atoms with Crippen LogP contribution in [0.15, 0.2) is 58.5 Å². The van der Waals surface area contributed by atoms with Gasteiger partial charge in [0.25, 0.3) is 0 Å². The Morgan fingerprint density at radius 3 is 2.63 bits per heavy atom. The van der Waals surface area contributed by atoms with Crippen molar-refractivity contribution < 1.29 is 9.30 Å². The summed E-state index contributed by atoms with van der Waals surface area (Å²) < 4.78 is 7.80. The third kappa shape index (κ3) is 3.19. The summed E-state index contributed by atoms with van der Waals surface area (Å²) in [6.45, 7) is 8.45. The molecule has 27 heavy (non-hydrogen) atoms. The van der Waals surface area contributed by atoms with Crippen molar-refractivity contribution in [2.45, 2.75) is 32.2 Å². The second-order valence-corrected chi connectivity index (χ2v) is 7.79. The predicted molar refractivity (Wildman–Crippen MR) is 114 cm³/mol. The second kappa shape index (κ2) is 7.28. The Morgan fingerprint density at radius 1 is 1.07 bits per heavy atom. The number of aryl methyl sites for hydroxylation is 2. The van der Waals surface area contributed by atoms with Crippen LogP contribution in [0.3, 0.4) is 0 Å². The van der Waals surface area contributed by atoms with Crippen molar-refractivity contribution in [1.29, 1.82) is 0 Å². The summed E-state index contributed by atoms with van der Waals surface area (Å²) in [4.78, 5) is 3.63. The lowest BCUT2D eigenvalue weighted by Gasteiger charge is -2.18. The number of thioether (sulfide) groups is 1. The van der Waals surface area contributed by atoms with Crippen molar-refractivity contribution in [3.8, 4) is 5.75 Å². The minimum atomic E-state index is 0.906. The number of anilines is 1. The number of nitrogens with zero attached hydrogens (tertiary/aromatic N) is 2. The number of aromatic nitrogens is 1. The van der Waals surface area contributed by atoms with Gasteiger partial charge in [0.05, 0.1) is 17.8 Å². The number of methoxy groups -OCH3 is 1. The Morgan fingerprint density at radius 2 is 1.89 bits per heavy atom. The van der Waals surface area contributed by atoms with Crippen molar-refractivity contribution in [3.63, 3.8) is 0 Å². The summed E-state index contributed by atoms with van der Waals surface area (Å²) in [5.41, 5.74) is 5.07. The molecule has 1 aliphatic rings. The van der Waals surface area contributed by atoms with Crippen LogP contribution >= 0.6 is 11.8 Å². The Hall–Kier alpha value is -2.46. The van der Waals surface area contributed by atoms with Gasteiger partial charge in [-0.25, -0.2) is 0 Å². The molecule has 0 N–H and O–H groups in total. The molecule has 0 saturated carbocycles. The smallest absolute Gasteiger partial charge is 0.213 e. The normalized spacial score (nSPS) is 14.8. The first-order valence-electron chi connectivity index (χ1n) is 9.43. The van der Waals surface area contributed by atoms with Gasteiger partial charge in [-0.15, -0.1) is 0 Å². The van der Waals surface area contributed by atoms with Crippen LogP contribution in [0, 0.1) is 6.92 Å². The molecule has 3 nitrogen and oxygen atoms in total. The summed E-state index contributed by atoms with van der Waals surface area (Å²) >= 11 is 1.81. The van der Waals surface area contributed by atoms with Crippen LogP contribution in [-0.4, -0.2) is 13.7 Å². The predicted octanol–water partition coefficient (Wildman–Crippen LogP) is 5.39. The molecule has 2 aromatic carbocycles. The molecule has 0 saturated heterocycles. The van der Waals surface area contributed by atoms with Crippen molar-refractivity contribution >= 4 is 34.4 Å². The highest BCUT2D eigenvalue weighted by Gasteiger charge is 2.26. The van der Waals surface area contributed by atoms with Gasteiger partial charge in [-0.05, 0) is 56.7 Å². The van der Waals surface area contributed by atoms with E-state index >= 15 is 0 Å². The van der Waals surface area contributed by atoms with Crippen molar-refractivity contribution in [2.24, 2.45) is 0 Å². The maximum atomic E-state index is 5.40. The van der Waals surface area contributed by atoms with Crippen LogP contribution in [0.4, 0.5) is 5.69 Å². The summed E-state index contributed by atoms with van der Waals surface area (Å²) in [6, 6.07) is 17.4. The number of rotatable bonds is 4. The number of pyridine rings is 1. The van der Waals surface area contributed by atoms with Gasteiger partial charge in [-0.1, -0.05) is 17.8 Å². The maximum absolute atomic E-state index is 5.40. The van der Waals surface area contributed by atoms with Crippen LogP contribution in [0.1, 0.15) is 25.1 Å². The topological polar surface area (TPSA) is 16.4 Å². The SMILES string of the molecule is CCN1/C(=C/c2ccc3ccc(C)cc3[n+]2CC)Sc2cc(OC)ccc21. The summed E-state index contributed by atoms with van der Waals surface area (Å²) in [7, 11) is 1.72. The molecule has 0 bridgehead atoms. The van der Waals surface area contributed by atoms with Gasteiger partial charge in [0.1, 0.15) is 12.3 Å². The van der Waals surface area contributed by atoms with Crippen LogP contribution in [0.2, 0.25) is 0 Å². The fourth-order valence-corrected chi connectivity index (χ4v) is 4.88. The van der Waals surface area contributed by atoms with Crippen molar-refractivity contribution in [1.82, 2.24) is 0 Å². The second-order valence-electron chi connectivity index (χ2n) is 6.73. The summed E-state index contributed by atoms with van der Waals surface area (Å²) in [5.74, 6) is 0.906. The molecule has 0 atom stereocenters. The van der Waals surface area contributed by atoms with E-state index in [4.69, 9.17) is 4.74 Å². The van der Waals surface area contributed by atoms with Crippen LogP contribution in [-0.2, 0) is 6.54 Å². The van der Waals surface area contributed by atoms with E-state index in [1.54, 1.807) is 7.11 Å². The Labute approximate surface area is 165 Å². The number of benzene rings is 2. The van der Waals surface area contributed by atoms with E-state index in [9.17, 15) is 0 Å². The zero-order chi connectivity index (χ0) is 19.0. The minimum absolute atomic E-state index is 0.906. The molecule has 0 radical (unpaired) electrons. The Bertz CT molecular complexity index is 1040. The molecule has 1 aliphatic heterocycles. The van der Waals surface area contributed by atoms with Gasteiger partial charge in [0.2, 0.25) is 11.2 Å². The van der Waals surface area contributed by atoms with E-state index in [1.807, 2.05) is 17.8 Å². The van der Waals surface area contributed by atoms with Crippen molar-refractivity contribution in [2.75, 3.05) is 18.6 Å². The summed E-state index contributed by atoms with van der Waals surface area (Å²) in [5, 5.41) is 2.54. The first-order chi connectivity index (χ1) is 13.1. The van der Waals surface area contributed by atoms with Crippen LogP contribution in [0.25, 0.3) is 17.0 Å². The van der Waals surface area contributed by atoms with E-state index in [0.29, 0.717) is 0 Å². The molecule has 0 spiro atoms. The number of fused-ring (bicyclic) bond motifs is 2. The van der Waals surface area contributed by atoms with E-state index < -0.39 is 0 Å². The van der Waals surface area contributed by atoms with Crippen molar-refractivity contribution in [3.05, 3.63) is 64.8 Å². The largest absolute Gasteiger partial charge is 0.497 e. The van der Waals surface area contributed by atoms with Gasteiger partial charge in [0.15, 0.2) is 0 Å².